The Morgan fingerprint density at radius 2 is 1.66 bits per heavy atom. The number of sulfonamides is 1. The van der Waals surface area contributed by atoms with Gasteiger partial charge in [-0.05, 0) is 55.3 Å². The maximum atomic E-state index is 14.4. The zero-order valence-corrected chi connectivity index (χ0v) is 27.1. The van der Waals surface area contributed by atoms with Crippen molar-refractivity contribution in [3.8, 4) is 11.3 Å². The number of amides is 1. The first-order valence-electron chi connectivity index (χ1n) is 14.7. The third-order valence-electron chi connectivity index (χ3n) is 8.09. The number of rotatable bonds is 8. The van der Waals surface area contributed by atoms with Gasteiger partial charge in [0.1, 0.15) is 16.1 Å². The van der Waals surface area contributed by atoms with E-state index in [0.717, 1.165) is 23.5 Å². The molecule has 248 valence electrons. The van der Waals surface area contributed by atoms with Gasteiger partial charge in [0, 0.05) is 38.3 Å². The summed E-state index contributed by atoms with van der Waals surface area (Å²) in [6, 6.07) is 14.7. The Labute approximate surface area is 277 Å². The molecule has 0 bridgehead atoms. The summed E-state index contributed by atoms with van der Waals surface area (Å²) in [7, 11) is -3.93. The molecule has 2 fully saturated rings. The zero-order valence-electron chi connectivity index (χ0n) is 24.8. The molecule has 2 aliphatic heterocycles. The van der Waals surface area contributed by atoms with Crippen molar-refractivity contribution in [2.24, 2.45) is 0 Å². The molecule has 2 aliphatic rings. The number of aromatic nitrogens is 2. The van der Waals surface area contributed by atoms with Crippen molar-refractivity contribution in [3.05, 3.63) is 88.1 Å². The van der Waals surface area contributed by atoms with Crippen molar-refractivity contribution in [3.63, 3.8) is 0 Å². The van der Waals surface area contributed by atoms with E-state index < -0.39 is 33.7 Å². The van der Waals surface area contributed by atoms with Crippen LogP contribution in [-0.2, 0) is 27.5 Å². The van der Waals surface area contributed by atoms with E-state index >= 15 is 0 Å². The predicted molar refractivity (Wildman–Crippen MR) is 171 cm³/mol. The summed E-state index contributed by atoms with van der Waals surface area (Å²) < 4.78 is 82.2. The number of para-hydroxylation sites is 1. The number of hydrogen-bond donors (Lipinski definition) is 1. The van der Waals surface area contributed by atoms with E-state index in [2.05, 4.69) is 15.3 Å². The van der Waals surface area contributed by atoms with Crippen LogP contribution in [0.4, 0.5) is 29.2 Å². The van der Waals surface area contributed by atoms with Gasteiger partial charge in [-0.15, -0.1) is 11.3 Å². The monoisotopic (exact) mass is 708 g/mol. The first-order valence-corrected chi connectivity index (χ1v) is 17.4. The predicted octanol–water partition coefficient (Wildman–Crippen LogP) is 5.81. The van der Waals surface area contributed by atoms with Gasteiger partial charge in [-0.25, -0.2) is 22.8 Å². The number of thiophene rings is 1. The first-order chi connectivity index (χ1) is 22.4. The second kappa shape index (κ2) is 13.4. The molecule has 0 saturated carbocycles. The second-order valence-electron chi connectivity index (χ2n) is 11.1. The van der Waals surface area contributed by atoms with Gasteiger partial charge in [0.15, 0.2) is 0 Å². The highest BCUT2D eigenvalue weighted by molar-refractivity contribution is 7.91. The standard InChI is InChI=1S/C31H29ClF4N6O3S2/c32-27-11-12-28(46-27)47(44,45)42-13-3-6-26(42)29(43)37-19-22-18-24(20-7-9-21(10-8-20)31(34,35)36)39-30(38-22)41-16-14-40(15-17-41)25-5-2-1-4-23(25)33/h1-2,4-5,7-12,18,26H,3,6,13-17,19H2,(H,37,43). The molecule has 2 aromatic carbocycles. The summed E-state index contributed by atoms with van der Waals surface area (Å²) in [5.41, 5.74) is 0.839. The van der Waals surface area contributed by atoms with Crippen LogP contribution in [0, 0.1) is 5.82 Å². The molecule has 2 aromatic heterocycles. The van der Waals surface area contributed by atoms with Crippen LogP contribution in [0.5, 0.6) is 0 Å². The molecule has 1 atom stereocenters. The number of halogens is 5. The van der Waals surface area contributed by atoms with Crippen molar-refractivity contribution in [2.45, 2.75) is 35.8 Å². The number of alkyl halides is 3. The van der Waals surface area contributed by atoms with Crippen LogP contribution in [0.25, 0.3) is 11.3 Å². The molecule has 0 spiro atoms. The normalized spacial score (nSPS) is 17.7. The highest BCUT2D eigenvalue weighted by Gasteiger charge is 2.40. The van der Waals surface area contributed by atoms with E-state index in [1.165, 1.54) is 34.6 Å². The molecule has 2 saturated heterocycles. The Morgan fingerprint density at radius 3 is 2.32 bits per heavy atom. The lowest BCUT2D eigenvalue weighted by molar-refractivity contribution is -0.137. The fourth-order valence-electron chi connectivity index (χ4n) is 5.69. The number of carbonyl (C=O) groups is 1. The van der Waals surface area contributed by atoms with Gasteiger partial charge in [-0.3, -0.25) is 4.79 Å². The maximum Gasteiger partial charge on any atom is 0.416 e. The average molecular weight is 709 g/mol. The Hall–Kier alpha value is -3.79. The lowest BCUT2D eigenvalue weighted by atomic mass is 10.1. The van der Waals surface area contributed by atoms with Gasteiger partial charge in [-0.1, -0.05) is 35.9 Å². The zero-order chi connectivity index (χ0) is 33.3. The molecule has 6 rings (SSSR count). The number of hydrogen-bond acceptors (Lipinski definition) is 8. The quantitative estimate of drug-likeness (QED) is 0.231. The highest BCUT2D eigenvalue weighted by atomic mass is 35.5. The minimum atomic E-state index is -4.50. The van der Waals surface area contributed by atoms with Gasteiger partial charge >= 0.3 is 6.18 Å². The summed E-state index contributed by atoms with van der Waals surface area (Å²) in [5, 5.41) is 2.80. The molecule has 1 N–H and O–H groups in total. The Bertz CT molecular complexity index is 1870. The topological polar surface area (TPSA) is 98.7 Å². The van der Waals surface area contributed by atoms with E-state index in [9.17, 15) is 30.8 Å². The summed E-state index contributed by atoms with van der Waals surface area (Å²) in [4.78, 5) is 26.5. The number of piperazine rings is 1. The number of benzene rings is 2. The average Bonchev–Trinajstić information content (AvgIpc) is 3.74. The molecule has 1 amide bonds. The number of carbonyl (C=O) groups excluding carboxylic acids is 1. The van der Waals surface area contributed by atoms with Crippen molar-refractivity contribution < 1.29 is 30.8 Å². The lowest BCUT2D eigenvalue weighted by Crippen LogP contribution is -2.47. The highest BCUT2D eigenvalue weighted by Crippen LogP contribution is 2.33. The Morgan fingerprint density at radius 1 is 0.957 bits per heavy atom. The maximum absolute atomic E-state index is 14.4. The van der Waals surface area contributed by atoms with Crippen LogP contribution >= 0.6 is 22.9 Å². The third kappa shape index (κ3) is 7.22. The molecule has 47 heavy (non-hydrogen) atoms. The Kier molecular flexibility index (Phi) is 9.43. The molecule has 9 nitrogen and oxygen atoms in total. The van der Waals surface area contributed by atoms with Gasteiger partial charge in [-0.2, -0.15) is 17.5 Å². The van der Waals surface area contributed by atoms with E-state index in [1.54, 1.807) is 24.3 Å². The molecule has 0 radical (unpaired) electrons. The lowest BCUT2D eigenvalue weighted by Gasteiger charge is -2.36. The molecule has 16 heteroatoms. The molecular weight excluding hydrogens is 680 g/mol. The van der Waals surface area contributed by atoms with Crippen LogP contribution in [0.2, 0.25) is 4.34 Å². The van der Waals surface area contributed by atoms with Crippen LogP contribution in [0.1, 0.15) is 24.1 Å². The summed E-state index contributed by atoms with van der Waals surface area (Å²) in [6.45, 7) is 1.94. The molecule has 0 aliphatic carbocycles. The van der Waals surface area contributed by atoms with Crippen LogP contribution in [-0.4, -0.2) is 67.4 Å². The van der Waals surface area contributed by atoms with Crippen LogP contribution in [0.3, 0.4) is 0 Å². The van der Waals surface area contributed by atoms with E-state index in [4.69, 9.17) is 11.6 Å². The Balaban J connectivity index is 1.23. The molecule has 1 unspecified atom stereocenters. The van der Waals surface area contributed by atoms with Gasteiger partial charge in [0.25, 0.3) is 10.0 Å². The second-order valence-corrected chi connectivity index (χ2v) is 14.9. The fourth-order valence-corrected chi connectivity index (χ4v) is 8.95. The van der Waals surface area contributed by atoms with Gasteiger partial charge in [0.2, 0.25) is 11.9 Å². The van der Waals surface area contributed by atoms with Crippen molar-refractivity contribution in [1.82, 2.24) is 19.6 Å². The number of nitrogens with one attached hydrogen (secondary N) is 1. The van der Waals surface area contributed by atoms with Crippen molar-refractivity contribution in [2.75, 3.05) is 42.5 Å². The molecular formula is C31H29ClF4N6O3S2. The number of anilines is 2. The third-order valence-corrected chi connectivity index (χ3v) is 11.7. The SMILES string of the molecule is O=C(NCc1cc(-c2ccc(C(F)(F)F)cc2)nc(N2CCN(c3ccccc3F)CC2)n1)C1CCCN1S(=O)(=O)c1ccc(Cl)s1. The molecule has 4 heterocycles. The van der Waals surface area contributed by atoms with Gasteiger partial charge in [0.05, 0.1) is 33.5 Å². The van der Waals surface area contributed by atoms with E-state index in [0.29, 0.717) is 71.9 Å². The summed E-state index contributed by atoms with van der Waals surface area (Å²) in [5.74, 6) is -0.518. The van der Waals surface area contributed by atoms with E-state index in [1.807, 2.05) is 9.80 Å². The summed E-state index contributed by atoms with van der Waals surface area (Å²) >= 11 is 6.88. The van der Waals surface area contributed by atoms with Gasteiger partial charge < -0.3 is 15.1 Å². The van der Waals surface area contributed by atoms with Crippen molar-refractivity contribution >= 4 is 50.5 Å². The van der Waals surface area contributed by atoms with Crippen molar-refractivity contribution in [1.29, 1.82) is 0 Å². The first kappa shape index (κ1) is 33.1. The van der Waals surface area contributed by atoms with Crippen LogP contribution < -0.4 is 15.1 Å². The minimum Gasteiger partial charge on any atom is -0.366 e. The number of nitrogens with zero attached hydrogens (tertiary/aromatic N) is 5. The molecule has 4 aromatic rings. The summed E-state index contributed by atoms with van der Waals surface area (Å²) in [6.07, 6.45) is -3.66. The largest absolute Gasteiger partial charge is 0.416 e. The van der Waals surface area contributed by atoms with E-state index in [-0.39, 0.29) is 23.1 Å². The smallest absolute Gasteiger partial charge is 0.366 e. The fraction of sp³-hybridized carbons (Fsp3) is 0.323. The minimum absolute atomic E-state index is 0.0546. The van der Waals surface area contributed by atoms with Crippen LogP contribution in [0.15, 0.2) is 70.9 Å².